The lowest BCUT2D eigenvalue weighted by Crippen LogP contribution is -2.17. The predicted molar refractivity (Wildman–Crippen MR) is 67.5 cm³/mol. The van der Waals surface area contributed by atoms with Crippen LogP contribution in [0.15, 0.2) is 24.5 Å². The van der Waals surface area contributed by atoms with E-state index in [1.54, 1.807) is 4.68 Å². The smallest absolute Gasteiger partial charge is 0.138 e. The number of hydrogen-bond donors (Lipinski definition) is 1. The minimum absolute atomic E-state index is 0.252. The van der Waals surface area contributed by atoms with Crippen LogP contribution in [0.1, 0.15) is 29.9 Å². The van der Waals surface area contributed by atoms with Crippen molar-refractivity contribution < 1.29 is 4.39 Å². The summed E-state index contributed by atoms with van der Waals surface area (Å²) >= 11 is 0. The first kappa shape index (κ1) is 12.7. The second-order valence-electron chi connectivity index (χ2n) is 4.36. The molecule has 2 N–H and O–H groups in total. The van der Waals surface area contributed by atoms with Crippen LogP contribution < -0.4 is 5.73 Å². The third-order valence-electron chi connectivity index (χ3n) is 2.89. The molecular formula is C13H17FN4. The molecule has 1 aromatic carbocycles. The van der Waals surface area contributed by atoms with Crippen molar-refractivity contribution in [2.45, 2.75) is 32.9 Å². The molecule has 0 spiro atoms. The topological polar surface area (TPSA) is 56.7 Å². The zero-order valence-corrected chi connectivity index (χ0v) is 10.6. The van der Waals surface area contributed by atoms with Gasteiger partial charge in [0, 0.05) is 19.0 Å². The zero-order chi connectivity index (χ0) is 13.1. The van der Waals surface area contributed by atoms with Crippen molar-refractivity contribution in [2.24, 2.45) is 5.73 Å². The first-order valence-corrected chi connectivity index (χ1v) is 5.99. The van der Waals surface area contributed by atoms with Crippen LogP contribution in [0.5, 0.6) is 0 Å². The summed E-state index contributed by atoms with van der Waals surface area (Å²) in [7, 11) is 0. The molecule has 1 atom stereocenters. The Kier molecular flexibility index (Phi) is 3.72. The maximum absolute atomic E-state index is 13.3. The normalized spacial score (nSPS) is 12.7. The van der Waals surface area contributed by atoms with Crippen molar-refractivity contribution in [1.29, 1.82) is 0 Å². The molecule has 1 unspecified atom stereocenters. The van der Waals surface area contributed by atoms with Crippen LogP contribution in [-0.2, 0) is 13.0 Å². The van der Waals surface area contributed by atoms with E-state index >= 15 is 0 Å². The van der Waals surface area contributed by atoms with Gasteiger partial charge in [-0.3, -0.25) is 4.68 Å². The molecule has 5 heteroatoms. The van der Waals surface area contributed by atoms with E-state index in [0.29, 0.717) is 6.42 Å². The lowest BCUT2D eigenvalue weighted by molar-refractivity contribution is 0.576. The summed E-state index contributed by atoms with van der Waals surface area (Å²) in [5.74, 6) is 0.573. The number of nitrogens with zero attached hydrogens (tertiary/aromatic N) is 3. The molecule has 0 aliphatic rings. The molecule has 2 rings (SSSR count). The van der Waals surface area contributed by atoms with Crippen molar-refractivity contribution >= 4 is 0 Å². The van der Waals surface area contributed by atoms with Crippen molar-refractivity contribution in [3.8, 4) is 0 Å². The summed E-state index contributed by atoms with van der Waals surface area (Å²) in [5, 5.41) is 4.09. The average Bonchev–Trinajstić information content (AvgIpc) is 2.75. The van der Waals surface area contributed by atoms with E-state index < -0.39 is 0 Å². The van der Waals surface area contributed by atoms with Crippen molar-refractivity contribution in [3.63, 3.8) is 0 Å². The number of halogens is 1. The third kappa shape index (κ3) is 2.73. The highest BCUT2D eigenvalue weighted by Crippen LogP contribution is 2.17. The van der Waals surface area contributed by atoms with Crippen LogP contribution in [0, 0.1) is 12.7 Å². The van der Waals surface area contributed by atoms with Gasteiger partial charge >= 0.3 is 0 Å². The van der Waals surface area contributed by atoms with Crippen LogP contribution in [0.4, 0.5) is 4.39 Å². The Labute approximate surface area is 106 Å². The minimum atomic E-state index is -0.270. The Morgan fingerprint density at radius 2 is 2.17 bits per heavy atom. The summed E-state index contributed by atoms with van der Waals surface area (Å²) in [4.78, 5) is 4.18. The van der Waals surface area contributed by atoms with Gasteiger partial charge in [-0.2, -0.15) is 5.10 Å². The molecule has 96 valence electrons. The molecule has 2 aromatic rings. The van der Waals surface area contributed by atoms with E-state index in [-0.39, 0.29) is 11.9 Å². The number of aromatic nitrogens is 3. The van der Waals surface area contributed by atoms with Gasteiger partial charge in [0.2, 0.25) is 0 Å². The molecule has 0 radical (unpaired) electrons. The molecule has 0 saturated heterocycles. The molecule has 18 heavy (non-hydrogen) atoms. The van der Waals surface area contributed by atoms with Crippen LogP contribution in [0.3, 0.4) is 0 Å². The number of nitrogens with two attached hydrogens (primary N) is 1. The van der Waals surface area contributed by atoms with Crippen LogP contribution in [-0.4, -0.2) is 14.8 Å². The molecule has 0 saturated carbocycles. The maximum atomic E-state index is 13.3. The second kappa shape index (κ2) is 5.27. The Morgan fingerprint density at radius 3 is 2.83 bits per heavy atom. The number of rotatable bonds is 4. The molecule has 0 bridgehead atoms. The SMILES string of the molecule is CCn1ncnc1CC(N)c1cc(C)cc(F)c1. The van der Waals surface area contributed by atoms with Crippen molar-refractivity contribution in [2.75, 3.05) is 0 Å². The molecule has 0 aliphatic heterocycles. The lowest BCUT2D eigenvalue weighted by atomic mass is 10.0. The minimum Gasteiger partial charge on any atom is -0.324 e. The summed E-state index contributed by atoms with van der Waals surface area (Å²) in [5.41, 5.74) is 7.76. The van der Waals surface area contributed by atoms with E-state index in [2.05, 4.69) is 10.1 Å². The second-order valence-corrected chi connectivity index (χ2v) is 4.36. The fourth-order valence-corrected chi connectivity index (χ4v) is 2.00. The highest BCUT2D eigenvalue weighted by atomic mass is 19.1. The first-order valence-electron chi connectivity index (χ1n) is 5.99. The van der Waals surface area contributed by atoms with Gasteiger partial charge < -0.3 is 5.73 Å². The van der Waals surface area contributed by atoms with Crippen LogP contribution in [0.2, 0.25) is 0 Å². The van der Waals surface area contributed by atoms with Gasteiger partial charge in [-0.05, 0) is 37.1 Å². The number of hydrogen-bond acceptors (Lipinski definition) is 3. The van der Waals surface area contributed by atoms with Gasteiger partial charge in [0.1, 0.15) is 18.0 Å². The van der Waals surface area contributed by atoms with Gasteiger partial charge in [0.25, 0.3) is 0 Å². The highest BCUT2D eigenvalue weighted by molar-refractivity contribution is 5.26. The largest absolute Gasteiger partial charge is 0.324 e. The number of aryl methyl sites for hydroxylation is 2. The summed E-state index contributed by atoms with van der Waals surface area (Å²) < 4.78 is 15.1. The monoisotopic (exact) mass is 248 g/mol. The Morgan fingerprint density at radius 1 is 1.39 bits per heavy atom. The van der Waals surface area contributed by atoms with Crippen LogP contribution >= 0.6 is 0 Å². The predicted octanol–water partition coefficient (Wildman–Crippen LogP) is 1.99. The fourth-order valence-electron chi connectivity index (χ4n) is 2.00. The van der Waals surface area contributed by atoms with Crippen LogP contribution in [0.25, 0.3) is 0 Å². The number of benzene rings is 1. The Hall–Kier alpha value is -1.75. The summed E-state index contributed by atoms with van der Waals surface area (Å²) in [6.07, 6.45) is 2.07. The van der Waals surface area contributed by atoms with E-state index in [4.69, 9.17) is 5.73 Å². The van der Waals surface area contributed by atoms with E-state index in [9.17, 15) is 4.39 Å². The molecule has 0 amide bonds. The van der Waals surface area contributed by atoms with Gasteiger partial charge in [0.15, 0.2) is 0 Å². The fraction of sp³-hybridized carbons (Fsp3) is 0.385. The quantitative estimate of drug-likeness (QED) is 0.900. The zero-order valence-electron chi connectivity index (χ0n) is 10.6. The highest BCUT2D eigenvalue weighted by Gasteiger charge is 2.12. The Balaban J connectivity index is 2.19. The van der Waals surface area contributed by atoms with Crippen molar-refractivity contribution in [3.05, 3.63) is 47.3 Å². The van der Waals surface area contributed by atoms with Gasteiger partial charge in [-0.25, -0.2) is 9.37 Å². The maximum Gasteiger partial charge on any atom is 0.138 e. The summed E-state index contributed by atoms with van der Waals surface area (Å²) in [6, 6.07) is 4.60. The third-order valence-corrected chi connectivity index (χ3v) is 2.89. The molecule has 0 aliphatic carbocycles. The Bertz CT molecular complexity index is 515. The van der Waals surface area contributed by atoms with Crippen molar-refractivity contribution in [1.82, 2.24) is 14.8 Å². The standard InChI is InChI=1S/C13H17FN4/c1-3-18-13(16-8-17-18)7-12(15)10-4-9(2)5-11(14)6-10/h4-6,8,12H,3,7,15H2,1-2H3. The van der Waals surface area contributed by atoms with Gasteiger partial charge in [-0.1, -0.05) is 6.07 Å². The van der Waals surface area contributed by atoms with Gasteiger partial charge in [-0.15, -0.1) is 0 Å². The van der Waals surface area contributed by atoms with E-state index in [0.717, 1.165) is 23.5 Å². The molecule has 1 heterocycles. The molecule has 1 aromatic heterocycles. The molecule has 0 fully saturated rings. The van der Waals surface area contributed by atoms with E-state index in [1.807, 2.05) is 19.9 Å². The average molecular weight is 248 g/mol. The molecular weight excluding hydrogens is 231 g/mol. The van der Waals surface area contributed by atoms with E-state index in [1.165, 1.54) is 18.5 Å². The lowest BCUT2D eigenvalue weighted by Gasteiger charge is -2.13. The van der Waals surface area contributed by atoms with Gasteiger partial charge in [0.05, 0.1) is 0 Å². The summed E-state index contributed by atoms with van der Waals surface area (Å²) in [6.45, 7) is 4.61. The first-order chi connectivity index (χ1) is 8.60. The molecule has 4 nitrogen and oxygen atoms in total.